The lowest BCUT2D eigenvalue weighted by molar-refractivity contribution is 0.0312. The Hall–Kier alpha value is -2.60. The Kier molecular flexibility index (Phi) is 6.52. The van der Waals surface area contributed by atoms with Gasteiger partial charge in [-0.25, -0.2) is 4.79 Å². The van der Waals surface area contributed by atoms with Crippen molar-refractivity contribution in [3.05, 3.63) is 52.3 Å². The van der Waals surface area contributed by atoms with Gasteiger partial charge >= 0.3 is 5.97 Å². The molecule has 1 aromatic carbocycles. The SMILES string of the molecule is CCCOCCOC(=O)c1[nH]c2c(c1C)C(=O)C[C@@H](c1ccc(OC)cc1)C2. The number of fused-ring (bicyclic) bond motifs is 1. The highest BCUT2D eigenvalue weighted by Crippen LogP contribution is 2.35. The van der Waals surface area contributed by atoms with E-state index in [9.17, 15) is 9.59 Å². The molecule has 0 unspecified atom stereocenters. The molecule has 0 fully saturated rings. The zero-order chi connectivity index (χ0) is 20.1. The molecular formula is C22H27NO5. The highest BCUT2D eigenvalue weighted by molar-refractivity contribution is 6.03. The summed E-state index contributed by atoms with van der Waals surface area (Å²) in [7, 11) is 1.63. The molecule has 0 saturated heterocycles. The van der Waals surface area contributed by atoms with Gasteiger partial charge < -0.3 is 19.2 Å². The number of Topliss-reactive ketones (excluding diaryl/α,β-unsaturated/α-hetero) is 1. The Morgan fingerprint density at radius 2 is 1.89 bits per heavy atom. The molecular weight excluding hydrogens is 358 g/mol. The van der Waals surface area contributed by atoms with Gasteiger partial charge in [-0.05, 0) is 48.9 Å². The van der Waals surface area contributed by atoms with Gasteiger partial charge in [-0.2, -0.15) is 0 Å². The minimum Gasteiger partial charge on any atom is -0.497 e. The Morgan fingerprint density at radius 3 is 2.57 bits per heavy atom. The van der Waals surface area contributed by atoms with Crippen LogP contribution in [0.2, 0.25) is 0 Å². The van der Waals surface area contributed by atoms with Crippen molar-refractivity contribution in [2.45, 2.75) is 39.0 Å². The van der Waals surface area contributed by atoms with Crippen LogP contribution in [0.15, 0.2) is 24.3 Å². The van der Waals surface area contributed by atoms with E-state index in [1.165, 1.54) is 0 Å². The van der Waals surface area contributed by atoms with Crippen molar-refractivity contribution in [1.82, 2.24) is 4.98 Å². The average Bonchev–Trinajstić information content (AvgIpc) is 3.04. The van der Waals surface area contributed by atoms with Crippen LogP contribution < -0.4 is 4.74 Å². The fraction of sp³-hybridized carbons (Fsp3) is 0.455. The number of carbonyl (C=O) groups is 2. The van der Waals surface area contributed by atoms with E-state index in [0.29, 0.717) is 42.9 Å². The number of carbonyl (C=O) groups excluding carboxylic acids is 2. The molecule has 1 aromatic heterocycles. The molecule has 150 valence electrons. The summed E-state index contributed by atoms with van der Waals surface area (Å²) in [6.07, 6.45) is 2.03. The summed E-state index contributed by atoms with van der Waals surface area (Å²) >= 11 is 0. The molecule has 28 heavy (non-hydrogen) atoms. The van der Waals surface area contributed by atoms with Crippen molar-refractivity contribution in [2.75, 3.05) is 26.9 Å². The Morgan fingerprint density at radius 1 is 1.14 bits per heavy atom. The highest BCUT2D eigenvalue weighted by atomic mass is 16.6. The van der Waals surface area contributed by atoms with Crippen molar-refractivity contribution in [2.24, 2.45) is 0 Å². The summed E-state index contributed by atoms with van der Waals surface area (Å²) in [6.45, 7) is 5.04. The highest BCUT2D eigenvalue weighted by Gasteiger charge is 2.32. The molecule has 6 nitrogen and oxygen atoms in total. The molecule has 6 heteroatoms. The van der Waals surface area contributed by atoms with Crippen molar-refractivity contribution >= 4 is 11.8 Å². The fourth-order valence-corrected chi connectivity index (χ4v) is 3.66. The number of aromatic nitrogens is 1. The zero-order valence-corrected chi connectivity index (χ0v) is 16.7. The number of esters is 1. The maximum absolute atomic E-state index is 12.8. The summed E-state index contributed by atoms with van der Waals surface area (Å²) < 4.78 is 15.8. The average molecular weight is 385 g/mol. The first kappa shape index (κ1) is 20.1. The molecule has 1 N–H and O–H groups in total. The normalized spacial score (nSPS) is 16.0. The maximum atomic E-state index is 12.8. The van der Waals surface area contributed by atoms with E-state index >= 15 is 0 Å². The monoisotopic (exact) mass is 385 g/mol. The molecule has 0 amide bonds. The van der Waals surface area contributed by atoms with Gasteiger partial charge in [0.1, 0.15) is 18.1 Å². The predicted octanol–water partition coefficient (Wildman–Crippen LogP) is 3.83. The van der Waals surface area contributed by atoms with Gasteiger partial charge in [0.05, 0.1) is 13.7 Å². The summed E-state index contributed by atoms with van der Waals surface area (Å²) in [5.41, 5.74) is 3.57. The second-order valence-electron chi connectivity index (χ2n) is 7.03. The first-order valence-electron chi connectivity index (χ1n) is 9.68. The maximum Gasteiger partial charge on any atom is 0.355 e. The van der Waals surface area contributed by atoms with E-state index in [1.54, 1.807) is 14.0 Å². The third-order valence-corrected chi connectivity index (χ3v) is 5.09. The van der Waals surface area contributed by atoms with Crippen molar-refractivity contribution in [3.8, 4) is 5.75 Å². The summed E-state index contributed by atoms with van der Waals surface area (Å²) in [4.78, 5) is 28.3. The Labute approximate surface area is 165 Å². The van der Waals surface area contributed by atoms with E-state index in [-0.39, 0.29) is 18.3 Å². The number of nitrogens with one attached hydrogen (secondary N) is 1. The van der Waals surface area contributed by atoms with Gasteiger partial charge in [-0.1, -0.05) is 19.1 Å². The number of rotatable bonds is 8. The van der Waals surface area contributed by atoms with Gasteiger partial charge in [-0.15, -0.1) is 0 Å². The summed E-state index contributed by atoms with van der Waals surface area (Å²) in [6, 6.07) is 7.78. The van der Waals surface area contributed by atoms with E-state index < -0.39 is 5.97 Å². The first-order chi connectivity index (χ1) is 13.5. The van der Waals surface area contributed by atoms with Crippen LogP contribution in [-0.2, 0) is 15.9 Å². The van der Waals surface area contributed by atoms with Gasteiger partial charge in [0.2, 0.25) is 0 Å². The lowest BCUT2D eigenvalue weighted by Gasteiger charge is -2.22. The fourth-order valence-electron chi connectivity index (χ4n) is 3.66. The topological polar surface area (TPSA) is 77.6 Å². The lowest BCUT2D eigenvalue weighted by atomic mass is 9.81. The first-order valence-corrected chi connectivity index (χ1v) is 9.68. The summed E-state index contributed by atoms with van der Waals surface area (Å²) in [5.74, 6) is 0.479. The van der Waals surface area contributed by atoms with Crippen molar-refractivity contribution < 1.29 is 23.8 Å². The van der Waals surface area contributed by atoms with E-state index in [1.807, 2.05) is 31.2 Å². The molecule has 1 aliphatic rings. The predicted molar refractivity (Wildman–Crippen MR) is 105 cm³/mol. The van der Waals surface area contributed by atoms with Gasteiger partial charge in [0, 0.05) is 24.3 Å². The smallest absolute Gasteiger partial charge is 0.355 e. The van der Waals surface area contributed by atoms with Crippen LogP contribution in [0.25, 0.3) is 0 Å². The van der Waals surface area contributed by atoms with Gasteiger partial charge in [0.15, 0.2) is 5.78 Å². The minimum absolute atomic E-state index is 0.0566. The Bertz CT molecular complexity index is 837. The molecule has 2 aromatic rings. The number of hydrogen-bond donors (Lipinski definition) is 1. The zero-order valence-electron chi connectivity index (χ0n) is 16.7. The third kappa shape index (κ3) is 4.28. The quantitative estimate of drug-likeness (QED) is 0.552. The van der Waals surface area contributed by atoms with E-state index in [2.05, 4.69) is 4.98 Å². The van der Waals surface area contributed by atoms with Crippen LogP contribution in [-0.4, -0.2) is 43.7 Å². The number of aromatic amines is 1. The second kappa shape index (κ2) is 9.06. The molecule has 1 heterocycles. The molecule has 1 aliphatic carbocycles. The second-order valence-corrected chi connectivity index (χ2v) is 7.03. The standard InChI is InChI=1S/C22H27NO5/c1-4-9-27-10-11-28-22(25)21-14(2)20-18(23-21)12-16(13-19(20)24)15-5-7-17(26-3)8-6-15/h5-8,16,23H,4,9-13H2,1-3H3/t16-/m0/s1. The molecule has 0 aliphatic heterocycles. The number of benzene rings is 1. The number of ketones is 1. The molecule has 3 rings (SSSR count). The van der Waals surface area contributed by atoms with Crippen LogP contribution in [0.1, 0.15) is 63.4 Å². The van der Waals surface area contributed by atoms with Crippen LogP contribution in [0, 0.1) is 6.92 Å². The Balaban J connectivity index is 1.72. The van der Waals surface area contributed by atoms with E-state index in [4.69, 9.17) is 14.2 Å². The van der Waals surface area contributed by atoms with Crippen molar-refractivity contribution in [1.29, 1.82) is 0 Å². The molecule has 1 atom stereocenters. The number of H-pyrrole nitrogens is 1. The van der Waals surface area contributed by atoms with Crippen molar-refractivity contribution in [3.63, 3.8) is 0 Å². The molecule has 0 bridgehead atoms. The number of methoxy groups -OCH3 is 1. The largest absolute Gasteiger partial charge is 0.497 e. The minimum atomic E-state index is -0.444. The van der Waals surface area contributed by atoms with Crippen LogP contribution in [0.5, 0.6) is 5.75 Å². The van der Waals surface area contributed by atoms with Gasteiger partial charge in [-0.3, -0.25) is 4.79 Å². The van der Waals surface area contributed by atoms with E-state index in [0.717, 1.165) is 23.4 Å². The van der Waals surface area contributed by atoms with Crippen LogP contribution >= 0.6 is 0 Å². The molecule has 0 radical (unpaired) electrons. The molecule has 0 saturated carbocycles. The summed E-state index contributed by atoms with van der Waals surface area (Å²) in [5, 5.41) is 0. The number of hydrogen-bond acceptors (Lipinski definition) is 5. The van der Waals surface area contributed by atoms with Gasteiger partial charge in [0.25, 0.3) is 0 Å². The lowest BCUT2D eigenvalue weighted by Crippen LogP contribution is -2.18. The van der Waals surface area contributed by atoms with Crippen LogP contribution in [0.4, 0.5) is 0 Å². The third-order valence-electron chi connectivity index (χ3n) is 5.09. The molecule has 0 spiro atoms. The van der Waals surface area contributed by atoms with Crippen LogP contribution in [0.3, 0.4) is 0 Å². The number of ether oxygens (including phenoxy) is 3.